The molecule has 2 rings (SSSR count). The smallest absolute Gasteiger partial charge is 0.243 e. The molecule has 2 amide bonds. The average Bonchev–Trinajstić information content (AvgIpc) is 2.67. The van der Waals surface area contributed by atoms with Crippen molar-refractivity contribution in [1.29, 1.82) is 0 Å². The van der Waals surface area contributed by atoms with Crippen molar-refractivity contribution < 1.29 is 9.59 Å². The highest BCUT2D eigenvalue weighted by atomic mass is 16.2. The van der Waals surface area contributed by atoms with Crippen molar-refractivity contribution in [3.8, 4) is 0 Å². The molecule has 0 aliphatic carbocycles. The number of carbonyl (C=O) groups is 2. The fourth-order valence-corrected chi connectivity index (χ4v) is 1.50. The van der Waals surface area contributed by atoms with E-state index >= 15 is 0 Å². The molecule has 0 saturated carbocycles. The van der Waals surface area contributed by atoms with Crippen LogP contribution in [-0.4, -0.2) is 33.9 Å². The summed E-state index contributed by atoms with van der Waals surface area (Å²) in [6, 6.07) is -0.954. The first-order valence-corrected chi connectivity index (χ1v) is 4.75. The van der Waals surface area contributed by atoms with Crippen LogP contribution in [0.3, 0.4) is 0 Å². The maximum atomic E-state index is 11.5. The molecule has 1 aliphatic heterocycles. The summed E-state index contributed by atoms with van der Waals surface area (Å²) in [7, 11) is 0. The summed E-state index contributed by atoms with van der Waals surface area (Å²) in [5, 5.41) is 5.26. The quantitative estimate of drug-likeness (QED) is 0.580. The van der Waals surface area contributed by atoms with Crippen LogP contribution in [0.2, 0.25) is 0 Å². The average molecular weight is 208 g/mol. The number of nitrogens with one attached hydrogen (secondary N) is 3. The summed E-state index contributed by atoms with van der Waals surface area (Å²) in [5.74, 6) is -0.309. The number of rotatable bonds is 2. The minimum atomic E-state index is -0.505. The molecule has 2 heterocycles. The molecule has 1 saturated heterocycles. The zero-order chi connectivity index (χ0) is 10.8. The van der Waals surface area contributed by atoms with Gasteiger partial charge in [-0.2, -0.15) is 0 Å². The van der Waals surface area contributed by atoms with Gasteiger partial charge in [0.05, 0.1) is 6.33 Å². The zero-order valence-electron chi connectivity index (χ0n) is 8.28. The Hall–Kier alpha value is -1.85. The molecule has 15 heavy (non-hydrogen) atoms. The summed E-state index contributed by atoms with van der Waals surface area (Å²) in [5.41, 5.74) is 0.824. The van der Waals surface area contributed by atoms with Crippen molar-refractivity contribution >= 4 is 11.8 Å². The van der Waals surface area contributed by atoms with Gasteiger partial charge in [0.15, 0.2) is 0 Å². The molecule has 1 aliphatic rings. The Bertz CT molecular complexity index is 373. The summed E-state index contributed by atoms with van der Waals surface area (Å²) in [4.78, 5) is 29.6. The van der Waals surface area contributed by atoms with E-state index in [1.54, 1.807) is 19.4 Å². The number of piperazine rings is 1. The van der Waals surface area contributed by atoms with E-state index in [0.29, 0.717) is 6.42 Å². The van der Waals surface area contributed by atoms with Crippen LogP contribution in [0.5, 0.6) is 0 Å². The first-order valence-electron chi connectivity index (χ1n) is 4.75. The predicted molar refractivity (Wildman–Crippen MR) is 51.8 cm³/mol. The van der Waals surface area contributed by atoms with E-state index in [2.05, 4.69) is 20.6 Å². The van der Waals surface area contributed by atoms with Crippen molar-refractivity contribution in [3.63, 3.8) is 0 Å². The standard InChI is InChI=1S/C9H12N4O2/c1-5-8(14)13-7(9(15)12-5)2-6-3-10-4-11-6/h3-5,7H,2H2,1H3,(H,10,11)(H,12,15)(H,13,14)/t5?,7-/m0/s1. The van der Waals surface area contributed by atoms with Gasteiger partial charge in [-0.05, 0) is 6.92 Å². The van der Waals surface area contributed by atoms with Gasteiger partial charge in [-0.25, -0.2) is 4.98 Å². The van der Waals surface area contributed by atoms with E-state index in [4.69, 9.17) is 0 Å². The number of aromatic amines is 1. The lowest BCUT2D eigenvalue weighted by Gasteiger charge is -2.27. The molecule has 0 aromatic carbocycles. The van der Waals surface area contributed by atoms with Crippen LogP contribution in [0.15, 0.2) is 12.5 Å². The lowest BCUT2D eigenvalue weighted by molar-refractivity contribution is -0.136. The lowest BCUT2D eigenvalue weighted by atomic mass is 10.1. The number of imidazole rings is 1. The van der Waals surface area contributed by atoms with Crippen molar-refractivity contribution in [2.45, 2.75) is 25.4 Å². The number of hydrogen-bond donors (Lipinski definition) is 3. The van der Waals surface area contributed by atoms with E-state index in [1.807, 2.05) is 0 Å². The van der Waals surface area contributed by atoms with Crippen LogP contribution in [-0.2, 0) is 16.0 Å². The molecule has 0 radical (unpaired) electrons. The van der Waals surface area contributed by atoms with Crippen molar-refractivity contribution in [1.82, 2.24) is 20.6 Å². The van der Waals surface area contributed by atoms with Crippen molar-refractivity contribution in [2.75, 3.05) is 0 Å². The highest BCUT2D eigenvalue weighted by Gasteiger charge is 2.30. The summed E-state index contributed by atoms with van der Waals surface area (Å²) >= 11 is 0. The van der Waals surface area contributed by atoms with Crippen LogP contribution in [0.25, 0.3) is 0 Å². The second kappa shape index (κ2) is 3.72. The van der Waals surface area contributed by atoms with Crippen LogP contribution in [0, 0.1) is 0 Å². The minimum Gasteiger partial charge on any atom is -0.348 e. The Kier molecular flexibility index (Phi) is 2.40. The van der Waals surface area contributed by atoms with Gasteiger partial charge in [0.1, 0.15) is 12.1 Å². The van der Waals surface area contributed by atoms with Crippen LogP contribution >= 0.6 is 0 Å². The van der Waals surface area contributed by atoms with Gasteiger partial charge in [0.2, 0.25) is 11.8 Å². The fraction of sp³-hybridized carbons (Fsp3) is 0.444. The van der Waals surface area contributed by atoms with E-state index in [1.165, 1.54) is 0 Å². The second-order valence-electron chi connectivity index (χ2n) is 3.57. The summed E-state index contributed by atoms with van der Waals surface area (Å²) in [6.07, 6.45) is 3.61. The SMILES string of the molecule is CC1NC(=O)[C@H](Cc2cnc[nH]2)NC1=O. The van der Waals surface area contributed by atoms with E-state index < -0.39 is 12.1 Å². The van der Waals surface area contributed by atoms with E-state index in [9.17, 15) is 9.59 Å². The van der Waals surface area contributed by atoms with Crippen LogP contribution < -0.4 is 10.6 Å². The Morgan fingerprint density at radius 1 is 1.33 bits per heavy atom. The third kappa shape index (κ3) is 1.98. The number of nitrogens with zero attached hydrogens (tertiary/aromatic N) is 1. The number of H-pyrrole nitrogens is 1. The molecule has 2 atom stereocenters. The Balaban J connectivity index is 2.03. The lowest BCUT2D eigenvalue weighted by Crippen LogP contribution is -2.61. The topological polar surface area (TPSA) is 86.9 Å². The largest absolute Gasteiger partial charge is 0.348 e. The molecule has 1 unspecified atom stereocenters. The van der Waals surface area contributed by atoms with Crippen LogP contribution in [0.1, 0.15) is 12.6 Å². The van der Waals surface area contributed by atoms with Gasteiger partial charge in [-0.3, -0.25) is 9.59 Å². The first kappa shape index (κ1) is 9.70. The normalized spacial score (nSPS) is 25.9. The van der Waals surface area contributed by atoms with Gasteiger partial charge >= 0.3 is 0 Å². The van der Waals surface area contributed by atoms with Gasteiger partial charge in [0.25, 0.3) is 0 Å². The molecule has 1 fully saturated rings. The monoisotopic (exact) mass is 208 g/mol. The highest BCUT2D eigenvalue weighted by Crippen LogP contribution is 2.03. The molecule has 1 aromatic rings. The van der Waals surface area contributed by atoms with Gasteiger partial charge < -0.3 is 15.6 Å². The Morgan fingerprint density at radius 2 is 2.13 bits per heavy atom. The number of amides is 2. The van der Waals surface area contributed by atoms with E-state index in [-0.39, 0.29) is 11.8 Å². The molecule has 0 bridgehead atoms. The van der Waals surface area contributed by atoms with Gasteiger partial charge in [-0.1, -0.05) is 0 Å². The van der Waals surface area contributed by atoms with Crippen molar-refractivity contribution in [2.24, 2.45) is 0 Å². The summed E-state index contributed by atoms with van der Waals surface area (Å²) in [6.45, 7) is 1.65. The third-order valence-corrected chi connectivity index (χ3v) is 2.36. The second-order valence-corrected chi connectivity index (χ2v) is 3.57. The molecular weight excluding hydrogens is 196 g/mol. The minimum absolute atomic E-state index is 0.154. The molecule has 6 nitrogen and oxygen atoms in total. The fourth-order valence-electron chi connectivity index (χ4n) is 1.50. The van der Waals surface area contributed by atoms with Gasteiger partial charge in [0, 0.05) is 18.3 Å². The number of carbonyl (C=O) groups excluding carboxylic acids is 2. The first-order chi connectivity index (χ1) is 7.16. The number of hydrogen-bond acceptors (Lipinski definition) is 3. The third-order valence-electron chi connectivity index (χ3n) is 2.36. The summed E-state index contributed by atoms with van der Waals surface area (Å²) < 4.78 is 0. The number of aromatic nitrogens is 2. The molecule has 6 heteroatoms. The molecule has 80 valence electrons. The predicted octanol–water partition coefficient (Wildman–Crippen LogP) is -1.04. The maximum Gasteiger partial charge on any atom is 0.243 e. The molecular formula is C9H12N4O2. The van der Waals surface area contributed by atoms with Crippen molar-refractivity contribution in [3.05, 3.63) is 18.2 Å². The Labute approximate surface area is 86.5 Å². The zero-order valence-corrected chi connectivity index (χ0v) is 8.28. The highest BCUT2D eigenvalue weighted by molar-refractivity contribution is 5.96. The van der Waals surface area contributed by atoms with E-state index in [0.717, 1.165) is 5.69 Å². The van der Waals surface area contributed by atoms with Crippen LogP contribution in [0.4, 0.5) is 0 Å². The van der Waals surface area contributed by atoms with Gasteiger partial charge in [-0.15, -0.1) is 0 Å². The molecule has 0 spiro atoms. The Morgan fingerprint density at radius 3 is 2.80 bits per heavy atom. The molecule has 3 N–H and O–H groups in total. The molecule has 1 aromatic heterocycles. The maximum absolute atomic E-state index is 11.5.